The number of rotatable bonds is 9. The van der Waals surface area contributed by atoms with Crippen molar-refractivity contribution in [3.63, 3.8) is 0 Å². The van der Waals surface area contributed by atoms with Crippen LogP contribution in [0.25, 0.3) is 0 Å². The second kappa shape index (κ2) is 11.4. The molecule has 1 aliphatic rings. The smallest absolute Gasteiger partial charge is 0.253 e. The van der Waals surface area contributed by atoms with Crippen LogP contribution in [-0.2, 0) is 9.53 Å². The SMILES string of the molecule is COCCOc1ccc(NC(=O)CNc2cccc(C(=O)N3CCC(C)CC3)c2)cc1. The van der Waals surface area contributed by atoms with Gasteiger partial charge in [-0.2, -0.15) is 0 Å². The van der Waals surface area contributed by atoms with Crippen LogP contribution in [-0.4, -0.2) is 56.7 Å². The minimum absolute atomic E-state index is 0.0489. The minimum Gasteiger partial charge on any atom is -0.491 e. The predicted molar refractivity (Wildman–Crippen MR) is 122 cm³/mol. The number of likely N-dealkylation sites (tertiary alicyclic amines) is 1. The van der Waals surface area contributed by atoms with E-state index in [0.29, 0.717) is 30.4 Å². The first-order valence-corrected chi connectivity index (χ1v) is 10.7. The molecule has 0 saturated carbocycles. The number of hydrogen-bond donors (Lipinski definition) is 2. The Hall–Kier alpha value is -3.06. The third kappa shape index (κ3) is 7.00. The lowest BCUT2D eigenvalue weighted by molar-refractivity contribution is -0.114. The lowest BCUT2D eigenvalue weighted by Gasteiger charge is -2.30. The molecule has 0 atom stereocenters. The molecule has 0 unspecified atom stereocenters. The van der Waals surface area contributed by atoms with Crippen LogP contribution < -0.4 is 15.4 Å². The molecule has 2 amide bonds. The van der Waals surface area contributed by atoms with Gasteiger partial charge in [-0.3, -0.25) is 9.59 Å². The Kier molecular flexibility index (Phi) is 8.29. The van der Waals surface area contributed by atoms with Gasteiger partial charge in [-0.15, -0.1) is 0 Å². The Bertz CT molecular complexity index is 861. The molecule has 0 aromatic heterocycles. The number of anilines is 2. The first-order valence-electron chi connectivity index (χ1n) is 10.7. The summed E-state index contributed by atoms with van der Waals surface area (Å²) in [6.07, 6.45) is 2.09. The maximum absolute atomic E-state index is 12.8. The Labute approximate surface area is 183 Å². The highest BCUT2D eigenvalue weighted by molar-refractivity contribution is 5.96. The Balaban J connectivity index is 1.48. The molecule has 0 aliphatic carbocycles. The fraction of sp³-hybridized carbons (Fsp3) is 0.417. The quantitative estimate of drug-likeness (QED) is 0.600. The lowest BCUT2D eigenvalue weighted by atomic mass is 9.98. The summed E-state index contributed by atoms with van der Waals surface area (Å²) in [6, 6.07) is 14.5. The van der Waals surface area contributed by atoms with Gasteiger partial charge in [-0.1, -0.05) is 13.0 Å². The van der Waals surface area contributed by atoms with E-state index >= 15 is 0 Å². The standard InChI is InChI=1S/C24H31N3O4/c1-18-10-12-27(13-11-18)24(29)19-4-3-5-21(16-19)25-17-23(28)26-20-6-8-22(9-7-20)31-15-14-30-2/h3-9,16,18,25H,10-15,17H2,1-2H3,(H,26,28). The van der Waals surface area contributed by atoms with E-state index in [9.17, 15) is 9.59 Å². The van der Waals surface area contributed by atoms with Gasteiger partial charge < -0.3 is 25.0 Å². The van der Waals surface area contributed by atoms with Gasteiger partial charge in [0.05, 0.1) is 13.2 Å². The molecule has 0 bridgehead atoms. The molecule has 7 nitrogen and oxygen atoms in total. The number of benzene rings is 2. The van der Waals surface area contributed by atoms with E-state index in [-0.39, 0.29) is 18.4 Å². The zero-order valence-electron chi connectivity index (χ0n) is 18.2. The number of carbonyl (C=O) groups excluding carboxylic acids is 2. The molecule has 1 saturated heterocycles. The number of carbonyl (C=O) groups is 2. The molecule has 7 heteroatoms. The summed E-state index contributed by atoms with van der Waals surface area (Å²) in [6.45, 7) is 4.93. The van der Waals surface area contributed by atoms with Crippen LogP contribution in [0.2, 0.25) is 0 Å². The van der Waals surface area contributed by atoms with Crippen molar-refractivity contribution in [1.82, 2.24) is 4.90 Å². The third-order valence-corrected chi connectivity index (χ3v) is 5.33. The van der Waals surface area contributed by atoms with E-state index in [4.69, 9.17) is 9.47 Å². The van der Waals surface area contributed by atoms with Gasteiger partial charge in [0.15, 0.2) is 0 Å². The average molecular weight is 426 g/mol. The van der Waals surface area contributed by atoms with Crippen LogP contribution in [0.5, 0.6) is 5.75 Å². The van der Waals surface area contributed by atoms with Crippen molar-refractivity contribution < 1.29 is 19.1 Å². The molecule has 166 valence electrons. The summed E-state index contributed by atoms with van der Waals surface area (Å²) in [5.74, 6) is 1.27. The molecule has 2 aromatic rings. The molecule has 1 heterocycles. The predicted octanol–water partition coefficient (Wildman–Crippen LogP) is 3.63. The molecule has 2 aromatic carbocycles. The third-order valence-electron chi connectivity index (χ3n) is 5.33. The monoisotopic (exact) mass is 425 g/mol. The highest BCUT2D eigenvalue weighted by Gasteiger charge is 2.21. The van der Waals surface area contributed by atoms with Crippen LogP contribution in [0.1, 0.15) is 30.1 Å². The van der Waals surface area contributed by atoms with Crippen molar-refractivity contribution in [2.45, 2.75) is 19.8 Å². The summed E-state index contributed by atoms with van der Waals surface area (Å²) in [5, 5.41) is 5.94. The van der Waals surface area contributed by atoms with Gasteiger partial charge in [-0.05, 0) is 61.2 Å². The van der Waals surface area contributed by atoms with Crippen LogP contribution in [0.15, 0.2) is 48.5 Å². The minimum atomic E-state index is -0.171. The maximum atomic E-state index is 12.8. The van der Waals surface area contributed by atoms with Gasteiger partial charge >= 0.3 is 0 Å². The zero-order valence-corrected chi connectivity index (χ0v) is 18.2. The molecular formula is C24H31N3O4. The van der Waals surface area contributed by atoms with Crippen molar-refractivity contribution in [1.29, 1.82) is 0 Å². The summed E-state index contributed by atoms with van der Waals surface area (Å²) < 4.78 is 10.5. The summed E-state index contributed by atoms with van der Waals surface area (Å²) >= 11 is 0. The van der Waals surface area contributed by atoms with Gasteiger partial charge in [-0.25, -0.2) is 0 Å². The van der Waals surface area contributed by atoms with E-state index in [0.717, 1.165) is 37.4 Å². The second-order valence-electron chi connectivity index (χ2n) is 7.82. The van der Waals surface area contributed by atoms with Crippen LogP contribution in [0, 0.1) is 5.92 Å². The number of hydrogen-bond acceptors (Lipinski definition) is 5. The number of piperidine rings is 1. The Morgan fingerprint density at radius 2 is 1.77 bits per heavy atom. The van der Waals surface area contributed by atoms with Crippen molar-refractivity contribution in [2.75, 3.05) is 50.6 Å². The van der Waals surface area contributed by atoms with E-state index in [2.05, 4.69) is 17.6 Å². The van der Waals surface area contributed by atoms with Gasteiger partial charge in [0.1, 0.15) is 12.4 Å². The fourth-order valence-corrected chi connectivity index (χ4v) is 3.42. The number of nitrogens with one attached hydrogen (secondary N) is 2. The van der Waals surface area contributed by atoms with Crippen LogP contribution in [0.4, 0.5) is 11.4 Å². The molecule has 2 N–H and O–H groups in total. The fourth-order valence-electron chi connectivity index (χ4n) is 3.42. The summed E-state index contributed by atoms with van der Waals surface area (Å²) in [7, 11) is 1.62. The highest BCUT2D eigenvalue weighted by atomic mass is 16.5. The number of methoxy groups -OCH3 is 1. The summed E-state index contributed by atoms with van der Waals surface area (Å²) in [4.78, 5) is 26.9. The topological polar surface area (TPSA) is 79.9 Å². The summed E-state index contributed by atoms with van der Waals surface area (Å²) in [5.41, 5.74) is 2.08. The van der Waals surface area contributed by atoms with E-state index in [1.165, 1.54) is 0 Å². The largest absolute Gasteiger partial charge is 0.491 e. The molecule has 31 heavy (non-hydrogen) atoms. The molecule has 1 fully saturated rings. The van der Waals surface area contributed by atoms with Crippen molar-refractivity contribution >= 4 is 23.2 Å². The van der Waals surface area contributed by atoms with Crippen molar-refractivity contribution in [2.24, 2.45) is 5.92 Å². The molecule has 0 spiro atoms. The Morgan fingerprint density at radius 3 is 2.48 bits per heavy atom. The first kappa shape index (κ1) is 22.6. The van der Waals surface area contributed by atoms with Gasteiger partial charge in [0, 0.05) is 37.1 Å². The first-order chi connectivity index (χ1) is 15.0. The Morgan fingerprint density at radius 1 is 1.03 bits per heavy atom. The number of ether oxygens (including phenoxy) is 2. The van der Waals surface area contributed by atoms with E-state index in [1.807, 2.05) is 23.1 Å². The number of amides is 2. The molecule has 0 radical (unpaired) electrons. The highest BCUT2D eigenvalue weighted by Crippen LogP contribution is 2.20. The van der Waals surface area contributed by atoms with Crippen LogP contribution >= 0.6 is 0 Å². The zero-order chi connectivity index (χ0) is 22.1. The van der Waals surface area contributed by atoms with Gasteiger partial charge in [0.25, 0.3) is 5.91 Å². The van der Waals surface area contributed by atoms with E-state index in [1.54, 1.807) is 37.4 Å². The number of nitrogens with zero attached hydrogens (tertiary/aromatic N) is 1. The molecular weight excluding hydrogens is 394 g/mol. The normalized spacial score (nSPS) is 14.2. The lowest BCUT2D eigenvalue weighted by Crippen LogP contribution is -2.37. The van der Waals surface area contributed by atoms with Gasteiger partial charge in [0.2, 0.25) is 5.91 Å². The van der Waals surface area contributed by atoms with Crippen LogP contribution in [0.3, 0.4) is 0 Å². The van der Waals surface area contributed by atoms with Crippen molar-refractivity contribution in [3.05, 3.63) is 54.1 Å². The van der Waals surface area contributed by atoms with E-state index < -0.39 is 0 Å². The van der Waals surface area contributed by atoms with Crippen molar-refractivity contribution in [3.8, 4) is 5.75 Å². The molecule has 1 aliphatic heterocycles. The maximum Gasteiger partial charge on any atom is 0.253 e. The second-order valence-corrected chi connectivity index (χ2v) is 7.82. The average Bonchev–Trinajstić information content (AvgIpc) is 2.79. The molecule has 3 rings (SSSR count).